The van der Waals surface area contributed by atoms with Gasteiger partial charge in [0.1, 0.15) is 0 Å². The van der Waals surface area contributed by atoms with Crippen LogP contribution in [-0.4, -0.2) is 6.54 Å². The SMILES string of the molecule is CCCCc1ccc(C(C)(CN)C2CCCC2)cc1. The van der Waals surface area contributed by atoms with Crippen LogP contribution in [0, 0.1) is 5.92 Å². The van der Waals surface area contributed by atoms with E-state index in [4.69, 9.17) is 5.73 Å². The monoisotopic (exact) mass is 259 g/mol. The fourth-order valence-corrected chi connectivity index (χ4v) is 3.52. The van der Waals surface area contributed by atoms with Crippen molar-refractivity contribution in [2.45, 2.75) is 64.2 Å². The molecule has 1 fully saturated rings. The predicted molar refractivity (Wildman–Crippen MR) is 83.4 cm³/mol. The Hall–Kier alpha value is -0.820. The Labute approximate surface area is 118 Å². The minimum atomic E-state index is 0.180. The van der Waals surface area contributed by atoms with Crippen LogP contribution in [0.25, 0.3) is 0 Å². The zero-order chi connectivity index (χ0) is 13.7. The number of hydrogen-bond donors (Lipinski definition) is 1. The maximum Gasteiger partial charge on any atom is 0.00755 e. The maximum absolute atomic E-state index is 6.14. The van der Waals surface area contributed by atoms with Crippen molar-refractivity contribution in [2.75, 3.05) is 6.54 Å². The molecule has 2 rings (SSSR count). The summed E-state index contributed by atoms with van der Waals surface area (Å²) in [5.74, 6) is 0.777. The highest BCUT2D eigenvalue weighted by atomic mass is 14.6. The zero-order valence-corrected chi connectivity index (χ0v) is 12.6. The lowest BCUT2D eigenvalue weighted by molar-refractivity contribution is 0.305. The Morgan fingerprint density at radius 1 is 1.16 bits per heavy atom. The molecule has 2 N–H and O–H groups in total. The molecule has 1 heteroatoms. The second-order valence-electron chi connectivity index (χ2n) is 6.40. The Morgan fingerprint density at radius 2 is 1.79 bits per heavy atom. The second kappa shape index (κ2) is 6.56. The molecule has 0 radical (unpaired) electrons. The van der Waals surface area contributed by atoms with Crippen LogP contribution in [0.5, 0.6) is 0 Å². The molecule has 1 aromatic carbocycles. The molecular formula is C18H29N. The van der Waals surface area contributed by atoms with Gasteiger partial charge in [0.05, 0.1) is 0 Å². The first-order valence-electron chi connectivity index (χ1n) is 8.00. The van der Waals surface area contributed by atoms with E-state index >= 15 is 0 Å². The van der Waals surface area contributed by atoms with Gasteiger partial charge in [0.25, 0.3) is 0 Å². The topological polar surface area (TPSA) is 26.0 Å². The van der Waals surface area contributed by atoms with Gasteiger partial charge in [0.15, 0.2) is 0 Å². The lowest BCUT2D eigenvalue weighted by Gasteiger charge is -2.35. The quantitative estimate of drug-likeness (QED) is 0.803. The summed E-state index contributed by atoms with van der Waals surface area (Å²) in [5, 5.41) is 0. The number of rotatable bonds is 6. The molecule has 0 spiro atoms. The van der Waals surface area contributed by atoms with Gasteiger partial charge >= 0.3 is 0 Å². The van der Waals surface area contributed by atoms with Crippen molar-refractivity contribution in [2.24, 2.45) is 11.7 Å². The van der Waals surface area contributed by atoms with Crippen molar-refractivity contribution in [1.82, 2.24) is 0 Å². The largest absolute Gasteiger partial charge is 0.330 e. The van der Waals surface area contributed by atoms with E-state index in [0.29, 0.717) is 0 Å². The molecule has 1 nitrogen and oxygen atoms in total. The molecule has 0 bridgehead atoms. The maximum atomic E-state index is 6.14. The minimum Gasteiger partial charge on any atom is -0.330 e. The normalized spacial score (nSPS) is 19.5. The molecule has 1 aromatic rings. The summed E-state index contributed by atoms with van der Waals surface area (Å²) in [4.78, 5) is 0. The molecule has 106 valence electrons. The first-order valence-corrected chi connectivity index (χ1v) is 8.00. The van der Waals surface area contributed by atoms with Gasteiger partial charge in [-0.1, -0.05) is 57.4 Å². The van der Waals surface area contributed by atoms with E-state index in [1.807, 2.05) is 0 Å². The van der Waals surface area contributed by atoms with Crippen LogP contribution < -0.4 is 5.73 Å². The van der Waals surface area contributed by atoms with Gasteiger partial charge in [0, 0.05) is 12.0 Å². The van der Waals surface area contributed by atoms with Gasteiger partial charge in [-0.05, 0) is 42.7 Å². The van der Waals surface area contributed by atoms with E-state index in [2.05, 4.69) is 38.1 Å². The van der Waals surface area contributed by atoms with Gasteiger partial charge < -0.3 is 5.73 Å². The predicted octanol–water partition coefficient (Wildman–Crippen LogP) is 4.44. The van der Waals surface area contributed by atoms with Gasteiger partial charge in [0.2, 0.25) is 0 Å². The number of hydrogen-bond acceptors (Lipinski definition) is 1. The van der Waals surface area contributed by atoms with Crippen LogP contribution in [0.15, 0.2) is 24.3 Å². The minimum absolute atomic E-state index is 0.180. The average Bonchev–Trinajstić information content (AvgIpc) is 2.99. The van der Waals surface area contributed by atoms with Gasteiger partial charge in [-0.25, -0.2) is 0 Å². The molecule has 1 saturated carbocycles. The highest BCUT2D eigenvalue weighted by Gasteiger charge is 2.36. The molecule has 0 aliphatic heterocycles. The lowest BCUT2D eigenvalue weighted by atomic mass is 9.71. The molecule has 1 aliphatic carbocycles. The van der Waals surface area contributed by atoms with Crippen molar-refractivity contribution in [3.05, 3.63) is 35.4 Å². The van der Waals surface area contributed by atoms with Crippen LogP contribution in [0.3, 0.4) is 0 Å². The summed E-state index contributed by atoms with van der Waals surface area (Å²) in [6.45, 7) is 5.38. The molecule has 1 atom stereocenters. The van der Waals surface area contributed by atoms with Crippen molar-refractivity contribution in [3.8, 4) is 0 Å². The highest BCUT2D eigenvalue weighted by molar-refractivity contribution is 5.30. The van der Waals surface area contributed by atoms with E-state index < -0.39 is 0 Å². The molecule has 1 unspecified atom stereocenters. The standard InChI is InChI=1S/C18H29N/c1-3-4-7-15-10-12-17(13-11-15)18(2,14-19)16-8-5-6-9-16/h10-13,16H,3-9,14,19H2,1-2H3. The van der Waals surface area contributed by atoms with Crippen molar-refractivity contribution in [1.29, 1.82) is 0 Å². The molecule has 0 aromatic heterocycles. The Bertz CT molecular complexity index is 375. The van der Waals surface area contributed by atoms with Crippen LogP contribution in [0.2, 0.25) is 0 Å². The summed E-state index contributed by atoms with van der Waals surface area (Å²) in [6.07, 6.45) is 9.24. The number of nitrogens with two attached hydrogens (primary N) is 1. The number of unbranched alkanes of at least 4 members (excludes halogenated alkanes) is 1. The summed E-state index contributed by atoms with van der Waals surface area (Å²) in [6, 6.07) is 9.29. The average molecular weight is 259 g/mol. The van der Waals surface area contributed by atoms with Crippen molar-refractivity contribution >= 4 is 0 Å². The summed E-state index contributed by atoms with van der Waals surface area (Å²) in [5.41, 5.74) is 9.23. The van der Waals surface area contributed by atoms with E-state index in [1.165, 1.54) is 56.1 Å². The Balaban J connectivity index is 2.13. The van der Waals surface area contributed by atoms with Crippen LogP contribution in [0.1, 0.15) is 63.5 Å². The third kappa shape index (κ3) is 3.20. The second-order valence-corrected chi connectivity index (χ2v) is 6.40. The first-order chi connectivity index (χ1) is 9.20. The summed E-state index contributed by atoms with van der Waals surface area (Å²) >= 11 is 0. The fraction of sp³-hybridized carbons (Fsp3) is 0.667. The third-order valence-corrected chi connectivity index (χ3v) is 5.11. The van der Waals surface area contributed by atoms with Crippen LogP contribution in [0.4, 0.5) is 0 Å². The van der Waals surface area contributed by atoms with E-state index in [-0.39, 0.29) is 5.41 Å². The van der Waals surface area contributed by atoms with Gasteiger partial charge in [-0.3, -0.25) is 0 Å². The highest BCUT2D eigenvalue weighted by Crippen LogP contribution is 2.41. The van der Waals surface area contributed by atoms with E-state index in [0.717, 1.165) is 12.5 Å². The molecule has 1 aliphatic rings. The molecule has 0 heterocycles. The van der Waals surface area contributed by atoms with Gasteiger partial charge in [-0.15, -0.1) is 0 Å². The summed E-state index contributed by atoms with van der Waals surface area (Å²) in [7, 11) is 0. The summed E-state index contributed by atoms with van der Waals surface area (Å²) < 4.78 is 0. The van der Waals surface area contributed by atoms with Crippen LogP contribution in [-0.2, 0) is 11.8 Å². The Kier molecular flexibility index (Phi) is 5.04. The van der Waals surface area contributed by atoms with Crippen LogP contribution >= 0.6 is 0 Å². The fourth-order valence-electron chi connectivity index (χ4n) is 3.52. The lowest BCUT2D eigenvalue weighted by Crippen LogP contribution is -2.38. The third-order valence-electron chi connectivity index (χ3n) is 5.11. The molecule has 0 saturated heterocycles. The molecule has 19 heavy (non-hydrogen) atoms. The number of aryl methyl sites for hydroxylation is 1. The first kappa shape index (κ1) is 14.6. The van der Waals surface area contributed by atoms with Crippen molar-refractivity contribution in [3.63, 3.8) is 0 Å². The Morgan fingerprint density at radius 3 is 2.32 bits per heavy atom. The van der Waals surface area contributed by atoms with Gasteiger partial charge in [-0.2, -0.15) is 0 Å². The van der Waals surface area contributed by atoms with Crippen molar-refractivity contribution < 1.29 is 0 Å². The number of benzene rings is 1. The molecule has 0 amide bonds. The molecular weight excluding hydrogens is 230 g/mol. The van der Waals surface area contributed by atoms with E-state index in [9.17, 15) is 0 Å². The zero-order valence-electron chi connectivity index (χ0n) is 12.6. The van der Waals surface area contributed by atoms with E-state index in [1.54, 1.807) is 0 Å². The smallest absolute Gasteiger partial charge is 0.00755 e.